The minimum atomic E-state index is -0.429. The summed E-state index contributed by atoms with van der Waals surface area (Å²) in [7, 11) is 0. The maximum Gasteiger partial charge on any atom is 0.0820 e. The van der Waals surface area contributed by atoms with E-state index in [1.165, 1.54) is 19.3 Å². The third-order valence-electron chi connectivity index (χ3n) is 5.03. The van der Waals surface area contributed by atoms with E-state index in [1.807, 2.05) is 18.2 Å². The lowest BCUT2D eigenvalue weighted by Crippen LogP contribution is -2.42. The molecule has 1 spiro atoms. The number of hydrogen-bond donors (Lipinski definition) is 1. The molecule has 1 heterocycles. The molecule has 1 N–H and O–H groups in total. The molecule has 1 aliphatic heterocycles. The Hall–Kier alpha value is 0.160. The number of benzene rings is 1. The van der Waals surface area contributed by atoms with Crippen LogP contribution in [-0.4, -0.2) is 17.3 Å². The lowest BCUT2D eigenvalue weighted by atomic mass is 9.74. The third kappa shape index (κ3) is 3.57. The first-order chi connectivity index (χ1) is 10.1. The van der Waals surface area contributed by atoms with Gasteiger partial charge >= 0.3 is 0 Å². The lowest BCUT2D eigenvalue weighted by molar-refractivity contribution is -0.134. The zero-order valence-electron chi connectivity index (χ0n) is 12.2. The average Bonchev–Trinajstić information content (AvgIpc) is 2.50. The predicted molar refractivity (Wildman–Crippen MR) is 93.6 cm³/mol. The van der Waals surface area contributed by atoms with Gasteiger partial charge in [-0.15, -0.1) is 0 Å². The van der Waals surface area contributed by atoms with E-state index in [0.29, 0.717) is 0 Å². The maximum absolute atomic E-state index is 10.8. The van der Waals surface area contributed by atoms with Crippen LogP contribution in [-0.2, 0) is 4.74 Å². The van der Waals surface area contributed by atoms with Crippen molar-refractivity contribution in [2.45, 2.75) is 56.7 Å². The first-order valence-corrected chi connectivity index (χ1v) is 9.32. The smallest absolute Gasteiger partial charge is 0.0820 e. The zero-order valence-corrected chi connectivity index (χ0v) is 15.1. The highest BCUT2D eigenvalue weighted by atomic mass is 127. The zero-order chi connectivity index (χ0) is 14.9. The molecule has 3 rings (SSSR count). The molecule has 0 bridgehead atoms. The van der Waals surface area contributed by atoms with E-state index in [0.717, 1.165) is 46.4 Å². The maximum atomic E-state index is 10.8. The molecule has 21 heavy (non-hydrogen) atoms. The van der Waals surface area contributed by atoms with E-state index in [-0.39, 0.29) is 11.5 Å². The molecule has 2 atom stereocenters. The van der Waals surface area contributed by atoms with Gasteiger partial charge in [-0.25, -0.2) is 0 Å². The second-order valence-electron chi connectivity index (χ2n) is 6.46. The van der Waals surface area contributed by atoms with Crippen LogP contribution in [0.15, 0.2) is 18.2 Å². The Morgan fingerprint density at radius 3 is 2.76 bits per heavy atom. The summed E-state index contributed by atoms with van der Waals surface area (Å²) in [5.41, 5.74) is 0.980. The lowest BCUT2D eigenvalue weighted by Gasteiger charge is -2.44. The number of halogens is 2. The molecule has 4 heteroatoms. The summed E-state index contributed by atoms with van der Waals surface area (Å²) in [4.78, 5) is 0. The van der Waals surface area contributed by atoms with E-state index >= 15 is 0 Å². The van der Waals surface area contributed by atoms with Crippen LogP contribution in [0.4, 0.5) is 0 Å². The molecular formula is C17H22ClIO2. The van der Waals surface area contributed by atoms with E-state index in [1.54, 1.807) is 0 Å². The van der Waals surface area contributed by atoms with Crippen LogP contribution in [0, 0.1) is 9.49 Å². The minimum Gasteiger partial charge on any atom is -0.388 e. The third-order valence-corrected chi connectivity index (χ3v) is 6.60. The molecule has 1 aliphatic carbocycles. The summed E-state index contributed by atoms with van der Waals surface area (Å²) in [5, 5.41) is 11.5. The van der Waals surface area contributed by atoms with Crippen molar-refractivity contribution in [3.8, 4) is 0 Å². The van der Waals surface area contributed by atoms with E-state index in [4.69, 9.17) is 16.3 Å². The topological polar surface area (TPSA) is 29.5 Å². The summed E-state index contributed by atoms with van der Waals surface area (Å²) in [6, 6.07) is 5.90. The van der Waals surface area contributed by atoms with Crippen molar-refractivity contribution >= 4 is 34.2 Å². The van der Waals surface area contributed by atoms with Crippen molar-refractivity contribution in [1.82, 2.24) is 0 Å². The van der Waals surface area contributed by atoms with Crippen molar-refractivity contribution in [2.75, 3.05) is 6.61 Å². The number of rotatable bonds is 2. The highest BCUT2D eigenvalue weighted by Crippen LogP contribution is 2.44. The molecule has 116 valence electrons. The van der Waals surface area contributed by atoms with E-state index in [2.05, 4.69) is 22.6 Å². The van der Waals surface area contributed by atoms with Crippen LogP contribution in [0.3, 0.4) is 0 Å². The molecule has 2 unspecified atom stereocenters. The van der Waals surface area contributed by atoms with Crippen LogP contribution >= 0.6 is 34.2 Å². The summed E-state index contributed by atoms with van der Waals surface area (Å²) < 4.78 is 7.16. The van der Waals surface area contributed by atoms with Gasteiger partial charge in [0, 0.05) is 10.2 Å². The second-order valence-corrected chi connectivity index (χ2v) is 8.03. The summed E-state index contributed by atoms with van der Waals surface area (Å²) in [6.07, 6.45) is 7.65. The van der Waals surface area contributed by atoms with Crippen LogP contribution in [0.25, 0.3) is 0 Å². The Labute approximate surface area is 145 Å². The Balaban J connectivity index is 1.74. The van der Waals surface area contributed by atoms with Crippen LogP contribution in [0.2, 0.25) is 5.02 Å². The van der Waals surface area contributed by atoms with Gasteiger partial charge in [0.25, 0.3) is 0 Å². The fraction of sp³-hybridized carbons (Fsp3) is 0.647. The second kappa shape index (κ2) is 6.73. The molecule has 1 saturated heterocycles. The SMILES string of the molecule is OC(c1ccc(I)c(Cl)c1)C1CCOC2(CCCCC2)C1. The Bertz CT molecular complexity index is 494. The molecule has 1 aromatic rings. The molecule has 2 aliphatic rings. The van der Waals surface area contributed by atoms with E-state index < -0.39 is 6.10 Å². The van der Waals surface area contributed by atoms with Gasteiger partial charge in [-0.3, -0.25) is 0 Å². The Kier molecular flexibility index (Phi) is 5.14. The van der Waals surface area contributed by atoms with Crippen LogP contribution in [0.1, 0.15) is 56.6 Å². The van der Waals surface area contributed by atoms with Crippen LogP contribution in [0.5, 0.6) is 0 Å². The fourth-order valence-corrected chi connectivity index (χ4v) is 4.37. The molecule has 2 nitrogen and oxygen atoms in total. The quantitative estimate of drug-likeness (QED) is 0.674. The van der Waals surface area contributed by atoms with Crippen LogP contribution < -0.4 is 0 Å². The highest BCUT2D eigenvalue weighted by molar-refractivity contribution is 14.1. The van der Waals surface area contributed by atoms with Gasteiger partial charge in [0.05, 0.1) is 16.7 Å². The van der Waals surface area contributed by atoms with Gasteiger partial charge < -0.3 is 9.84 Å². The first kappa shape index (κ1) is 16.0. The fourth-order valence-electron chi connectivity index (χ4n) is 3.85. The van der Waals surface area contributed by atoms with Gasteiger partial charge in [0.15, 0.2) is 0 Å². The van der Waals surface area contributed by atoms with Gasteiger partial charge in [-0.1, -0.05) is 36.9 Å². The van der Waals surface area contributed by atoms with Crippen molar-refractivity contribution in [3.05, 3.63) is 32.4 Å². The molecule has 1 aromatic carbocycles. The Morgan fingerprint density at radius 1 is 1.29 bits per heavy atom. The van der Waals surface area contributed by atoms with E-state index in [9.17, 15) is 5.11 Å². The molecule has 2 fully saturated rings. The highest BCUT2D eigenvalue weighted by Gasteiger charge is 2.40. The van der Waals surface area contributed by atoms with Gasteiger partial charge in [-0.05, 0) is 71.9 Å². The molecular weight excluding hydrogens is 399 g/mol. The standard InChI is InChI=1S/C17H22ClIO2/c18-14-10-12(4-5-15(14)19)16(20)13-6-9-21-17(11-13)7-2-1-3-8-17/h4-5,10,13,16,20H,1-3,6-9,11H2. The number of hydrogen-bond acceptors (Lipinski definition) is 2. The first-order valence-electron chi connectivity index (χ1n) is 7.87. The Morgan fingerprint density at radius 2 is 2.05 bits per heavy atom. The van der Waals surface area contributed by atoms with Gasteiger partial charge in [0.1, 0.15) is 0 Å². The largest absolute Gasteiger partial charge is 0.388 e. The predicted octanol–water partition coefficient (Wildman–Crippen LogP) is 5.11. The number of aliphatic hydroxyl groups is 1. The number of ether oxygens (including phenoxy) is 1. The van der Waals surface area contributed by atoms with Crippen molar-refractivity contribution in [2.24, 2.45) is 5.92 Å². The van der Waals surface area contributed by atoms with Gasteiger partial charge in [-0.2, -0.15) is 0 Å². The van der Waals surface area contributed by atoms with Gasteiger partial charge in [0.2, 0.25) is 0 Å². The summed E-state index contributed by atoms with van der Waals surface area (Å²) in [5.74, 6) is 0.285. The monoisotopic (exact) mass is 420 g/mol. The normalized spacial score (nSPS) is 26.7. The molecule has 1 saturated carbocycles. The molecule has 0 aromatic heterocycles. The molecule has 0 amide bonds. The summed E-state index contributed by atoms with van der Waals surface area (Å²) >= 11 is 8.41. The molecule has 0 radical (unpaired) electrons. The van der Waals surface area contributed by atoms with Crippen molar-refractivity contribution in [3.63, 3.8) is 0 Å². The summed E-state index contributed by atoms with van der Waals surface area (Å²) in [6.45, 7) is 0.778. The minimum absolute atomic E-state index is 0.0369. The van der Waals surface area contributed by atoms with Crippen molar-refractivity contribution < 1.29 is 9.84 Å². The average molecular weight is 421 g/mol. The van der Waals surface area contributed by atoms with Crippen molar-refractivity contribution in [1.29, 1.82) is 0 Å². The number of aliphatic hydroxyl groups excluding tert-OH is 1.